The van der Waals surface area contributed by atoms with Crippen LogP contribution in [-0.4, -0.2) is 30.1 Å². The van der Waals surface area contributed by atoms with Crippen molar-refractivity contribution >= 4 is 5.96 Å². The van der Waals surface area contributed by atoms with Crippen molar-refractivity contribution in [3.63, 3.8) is 0 Å². The van der Waals surface area contributed by atoms with Gasteiger partial charge in [-0.25, -0.2) is 0 Å². The number of aliphatic imine (C=N–C) groups is 1. The highest BCUT2D eigenvalue weighted by Crippen LogP contribution is 1.89. The van der Waals surface area contributed by atoms with Crippen molar-refractivity contribution in [2.45, 2.75) is 6.92 Å². The SMILES string of the molecule is C/C=C(O)\N=C(\N)N(C)C. The second-order valence-electron chi connectivity index (χ2n) is 2.01. The summed E-state index contributed by atoms with van der Waals surface area (Å²) in [7, 11) is 3.50. The predicted molar refractivity (Wildman–Crippen MR) is 41.7 cm³/mol. The van der Waals surface area contributed by atoms with Crippen LogP contribution < -0.4 is 5.73 Å². The standard InChI is InChI=1S/C6H13N3O/c1-4-5(10)8-6(7)9(2)3/h4,10H,1-3H3,(H2,7,8)/b5-4+. The molecule has 4 nitrogen and oxygen atoms in total. The fourth-order valence-corrected chi connectivity index (χ4v) is 0.282. The van der Waals surface area contributed by atoms with E-state index in [1.54, 1.807) is 25.9 Å². The summed E-state index contributed by atoms with van der Waals surface area (Å²) in [6, 6.07) is 0. The minimum absolute atomic E-state index is 0.0637. The molecule has 0 radical (unpaired) electrons. The molecule has 10 heavy (non-hydrogen) atoms. The first-order valence-corrected chi connectivity index (χ1v) is 2.94. The zero-order chi connectivity index (χ0) is 8.15. The highest BCUT2D eigenvalue weighted by atomic mass is 16.3. The van der Waals surface area contributed by atoms with Gasteiger partial charge in [0.1, 0.15) is 0 Å². The lowest BCUT2D eigenvalue weighted by Gasteiger charge is -2.09. The topological polar surface area (TPSA) is 61.9 Å². The molecule has 0 aliphatic rings. The van der Waals surface area contributed by atoms with E-state index in [2.05, 4.69) is 4.99 Å². The number of hydrogen-bond donors (Lipinski definition) is 2. The van der Waals surface area contributed by atoms with Crippen molar-refractivity contribution < 1.29 is 5.11 Å². The van der Waals surface area contributed by atoms with Crippen LogP contribution in [-0.2, 0) is 0 Å². The highest BCUT2D eigenvalue weighted by molar-refractivity contribution is 5.78. The van der Waals surface area contributed by atoms with Gasteiger partial charge < -0.3 is 15.7 Å². The molecule has 58 valence electrons. The minimum atomic E-state index is -0.0637. The molecule has 0 aliphatic carbocycles. The summed E-state index contributed by atoms with van der Waals surface area (Å²) in [6.45, 7) is 1.68. The van der Waals surface area contributed by atoms with Gasteiger partial charge in [0.25, 0.3) is 0 Å². The summed E-state index contributed by atoms with van der Waals surface area (Å²) in [5, 5.41) is 8.84. The first-order chi connectivity index (χ1) is 4.57. The second-order valence-corrected chi connectivity index (χ2v) is 2.01. The number of aliphatic hydroxyl groups excluding tert-OH is 1. The van der Waals surface area contributed by atoms with Crippen molar-refractivity contribution in [1.29, 1.82) is 0 Å². The molecule has 0 heterocycles. The summed E-state index contributed by atoms with van der Waals surface area (Å²) in [6.07, 6.45) is 1.47. The molecule has 0 saturated carbocycles. The van der Waals surface area contributed by atoms with E-state index in [4.69, 9.17) is 10.8 Å². The number of guanidine groups is 1. The van der Waals surface area contributed by atoms with E-state index in [0.29, 0.717) is 0 Å². The average molecular weight is 143 g/mol. The third-order valence-corrected chi connectivity index (χ3v) is 0.945. The maximum absolute atomic E-state index is 8.84. The van der Waals surface area contributed by atoms with Crippen LogP contribution in [0.3, 0.4) is 0 Å². The highest BCUT2D eigenvalue weighted by Gasteiger charge is 1.93. The van der Waals surface area contributed by atoms with Crippen LogP contribution in [0.4, 0.5) is 0 Å². The number of aliphatic hydroxyl groups is 1. The summed E-state index contributed by atoms with van der Waals surface area (Å²) in [5.74, 6) is 0.224. The quantitative estimate of drug-likeness (QED) is 0.315. The smallest absolute Gasteiger partial charge is 0.209 e. The van der Waals surface area contributed by atoms with Gasteiger partial charge in [0.05, 0.1) is 0 Å². The molecule has 0 aromatic carbocycles. The fraction of sp³-hybridized carbons (Fsp3) is 0.500. The van der Waals surface area contributed by atoms with E-state index < -0.39 is 0 Å². The molecule has 0 atom stereocenters. The van der Waals surface area contributed by atoms with Gasteiger partial charge in [0, 0.05) is 14.1 Å². The van der Waals surface area contributed by atoms with Crippen molar-refractivity contribution in [3.05, 3.63) is 12.0 Å². The maximum atomic E-state index is 8.84. The number of rotatable bonds is 1. The molecule has 0 aromatic rings. The van der Waals surface area contributed by atoms with Crippen LogP contribution in [0, 0.1) is 0 Å². The van der Waals surface area contributed by atoms with Crippen molar-refractivity contribution in [3.8, 4) is 0 Å². The van der Waals surface area contributed by atoms with E-state index in [1.165, 1.54) is 6.08 Å². The summed E-state index contributed by atoms with van der Waals surface area (Å²) in [4.78, 5) is 5.24. The molecule has 0 amide bonds. The lowest BCUT2D eigenvalue weighted by atomic mass is 10.6. The van der Waals surface area contributed by atoms with E-state index in [0.717, 1.165) is 0 Å². The zero-order valence-corrected chi connectivity index (χ0v) is 6.50. The van der Waals surface area contributed by atoms with Crippen molar-refractivity contribution in [2.24, 2.45) is 10.7 Å². The predicted octanol–water partition coefficient (Wildman–Crippen LogP) is 0.282. The Bertz CT molecular complexity index is 160. The molecular formula is C6H13N3O. The van der Waals surface area contributed by atoms with Crippen LogP contribution in [0.5, 0.6) is 0 Å². The Balaban J connectivity index is 4.17. The molecule has 0 saturated heterocycles. The minimum Gasteiger partial charge on any atom is -0.493 e. The average Bonchev–Trinajstić information content (AvgIpc) is 1.87. The lowest BCUT2D eigenvalue weighted by molar-refractivity contribution is 0.402. The summed E-state index contributed by atoms with van der Waals surface area (Å²) < 4.78 is 0. The van der Waals surface area contributed by atoms with Crippen LogP contribution >= 0.6 is 0 Å². The van der Waals surface area contributed by atoms with Gasteiger partial charge >= 0.3 is 0 Å². The number of hydrogen-bond acceptors (Lipinski definition) is 2. The first-order valence-electron chi connectivity index (χ1n) is 2.94. The van der Waals surface area contributed by atoms with Crippen LogP contribution in [0.25, 0.3) is 0 Å². The molecule has 0 rings (SSSR count). The van der Waals surface area contributed by atoms with Gasteiger partial charge in [0.2, 0.25) is 5.88 Å². The molecule has 0 bridgehead atoms. The monoisotopic (exact) mass is 143 g/mol. The second kappa shape index (κ2) is 3.76. The van der Waals surface area contributed by atoms with Crippen LogP contribution in [0.2, 0.25) is 0 Å². The Kier molecular flexibility index (Phi) is 3.32. The van der Waals surface area contributed by atoms with Crippen molar-refractivity contribution in [2.75, 3.05) is 14.1 Å². The summed E-state index contributed by atoms with van der Waals surface area (Å²) >= 11 is 0. The largest absolute Gasteiger partial charge is 0.493 e. The zero-order valence-electron chi connectivity index (χ0n) is 6.50. The number of allylic oxidation sites excluding steroid dienone is 1. The Morgan fingerprint density at radius 2 is 2.10 bits per heavy atom. The normalized spacial score (nSPS) is 13.5. The number of nitrogens with zero attached hydrogens (tertiary/aromatic N) is 2. The number of nitrogens with two attached hydrogens (primary N) is 1. The molecule has 0 aliphatic heterocycles. The van der Waals surface area contributed by atoms with E-state index >= 15 is 0 Å². The van der Waals surface area contributed by atoms with E-state index in [-0.39, 0.29) is 11.8 Å². The first kappa shape index (κ1) is 8.81. The Labute approximate surface area is 60.7 Å². The van der Waals surface area contributed by atoms with Crippen molar-refractivity contribution in [1.82, 2.24) is 4.90 Å². The molecule has 4 heteroatoms. The Hall–Kier alpha value is -1.19. The van der Waals surface area contributed by atoms with Gasteiger partial charge in [-0.3, -0.25) is 0 Å². The van der Waals surface area contributed by atoms with Gasteiger partial charge in [-0.05, 0) is 13.0 Å². The fourth-order valence-electron chi connectivity index (χ4n) is 0.282. The van der Waals surface area contributed by atoms with Crippen LogP contribution in [0.1, 0.15) is 6.92 Å². The third-order valence-electron chi connectivity index (χ3n) is 0.945. The maximum Gasteiger partial charge on any atom is 0.209 e. The van der Waals surface area contributed by atoms with E-state index in [9.17, 15) is 0 Å². The van der Waals surface area contributed by atoms with E-state index in [1.807, 2.05) is 0 Å². The van der Waals surface area contributed by atoms with Gasteiger partial charge in [0.15, 0.2) is 5.96 Å². The summed E-state index contributed by atoms with van der Waals surface area (Å²) in [5.41, 5.74) is 5.37. The van der Waals surface area contributed by atoms with Gasteiger partial charge in [-0.2, -0.15) is 4.99 Å². The Morgan fingerprint density at radius 1 is 1.60 bits per heavy atom. The molecule has 0 unspecified atom stereocenters. The molecular weight excluding hydrogens is 130 g/mol. The van der Waals surface area contributed by atoms with Gasteiger partial charge in [-0.15, -0.1) is 0 Å². The molecule has 0 aromatic heterocycles. The lowest BCUT2D eigenvalue weighted by Crippen LogP contribution is -2.30. The van der Waals surface area contributed by atoms with Crippen LogP contribution in [0.15, 0.2) is 17.0 Å². The third kappa shape index (κ3) is 2.96. The molecule has 3 N–H and O–H groups in total. The molecule has 0 spiro atoms. The Morgan fingerprint density at radius 3 is 2.40 bits per heavy atom. The van der Waals surface area contributed by atoms with Gasteiger partial charge in [-0.1, -0.05) is 0 Å². The molecule has 0 fully saturated rings.